The monoisotopic (exact) mass is 434 g/mol. The molecular weight excluding hydrogens is 391 g/mol. The second-order valence-corrected chi connectivity index (χ2v) is 8.91. The lowest BCUT2D eigenvalue weighted by molar-refractivity contribution is -0.893. The van der Waals surface area contributed by atoms with Crippen LogP contribution in [0.3, 0.4) is 0 Å². The molecule has 4 nitrogen and oxygen atoms in total. The number of anilines is 2. The Balaban J connectivity index is 0. The summed E-state index contributed by atoms with van der Waals surface area (Å²) in [6.07, 6.45) is 6.77. The highest BCUT2D eigenvalue weighted by atomic mass is 35.5. The summed E-state index contributed by atoms with van der Waals surface area (Å²) < 4.78 is 1.05. The summed E-state index contributed by atoms with van der Waals surface area (Å²) >= 11 is 0. The molecule has 1 saturated heterocycles. The Bertz CT molecular complexity index is 530. The largest absolute Gasteiger partial charge is 1.00 e. The molecule has 1 aromatic rings. The maximum Gasteiger partial charge on any atom is 0.108 e. The number of quaternary nitrogens is 1. The third kappa shape index (κ3) is 10.8. The van der Waals surface area contributed by atoms with Crippen molar-refractivity contribution in [3.63, 3.8) is 0 Å². The average molecular weight is 436 g/mol. The molecule has 0 spiro atoms. The number of nitrogens with zero attached hydrogens (tertiary/aromatic N) is 3. The molecule has 1 heterocycles. The quantitative estimate of drug-likeness (QED) is 0.400. The highest BCUT2D eigenvalue weighted by Crippen LogP contribution is 2.26. The third-order valence-electron chi connectivity index (χ3n) is 5.34. The zero-order valence-corrected chi connectivity index (χ0v) is 20.7. The number of unbranched alkanes of at least 4 members (excludes halogenated alkanes) is 3. The fourth-order valence-corrected chi connectivity index (χ4v) is 3.32. The van der Waals surface area contributed by atoms with Crippen LogP contribution in [0.2, 0.25) is 0 Å². The Kier molecular flexibility index (Phi) is 15.1. The maximum atomic E-state index is 5.86. The van der Waals surface area contributed by atoms with Crippen molar-refractivity contribution < 1.29 is 16.9 Å². The van der Waals surface area contributed by atoms with Gasteiger partial charge in [0, 0.05) is 24.3 Å². The van der Waals surface area contributed by atoms with Crippen LogP contribution in [0.15, 0.2) is 18.2 Å². The summed E-state index contributed by atoms with van der Waals surface area (Å²) in [4.78, 5) is 4.72. The first kappa shape index (κ1) is 29.5. The lowest BCUT2D eigenvalue weighted by Gasteiger charge is -2.31. The van der Waals surface area contributed by atoms with Gasteiger partial charge < -0.3 is 32.4 Å². The Labute approximate surface area is 186 Å². The van der Waals surface area contributed by atoms with Crippen LogP contribution in [0, 0.1) is 6.92 Å². The van der Waals surface area contributed by atoms with Crippen molar-refractivity contribution in [3.8, 4) is 0 Å². The molecule has 0 aliphatic carbocycles. The second kappa shape index (κ2) is 14.3. The number of nitrogen functional groups attached to an aromatic ring is 1. The van der Waals surface area contributed by atoms with Crippen molar-refractivity contribution in [2.75, 3.05) is 65.5 Å². The number of halogens is 2. The van der Waals surface area contributed by atoms with Crippen LogP contribution < -0.4 is 23.0 Å². The molecule has 1 atom stereocenters. The summed E-state index contributed by atoms with van der Waals surface area (Å²) in [7, 11) is 11.1. The fourth-order valence-electron chi connectivity index (χ4n) is 3.32. The number of nitrogens with two attached hydrogens (primary N) is 1. The van der Waals surface area contributed by atoms with Gasteiger partial charge in [-0.2, -0.15) is 0 Å². The van der Waals surface area contributed by atoms with Gasteiger partial charge >= 0.3 is 0 Å². The molecule has 2 N–H and O–H groups in total. The van der Waals surface area contributed by atoms with E-state index >= 15 is 0 Å². The van der Waals surface area contributed by atoms with Crippen molar-refractivity contribution in [3.05, 3.63) is 23.8 Å². The van der Waals surface area contributed by atoms with Gasteiger partial charge in [-0.3, -0.25) is 0 Å². The minimum absolute atomic E-state index is 0. The summed E-state index contributed by atoms with van der Waals surface area (Å²) in [5.74, 6) is 0. The standard InChI is InChI=1S/C14H24N3.C8H19N.2ClH/c1-11-9-12(5-6-14(11)15)16-8-7-13(10-16)17(2,3)4;1-4-5-6-7-8-9(2)3;;/h5-6,9,13H,7-8,10,15H2,1-4H3;4-8H2,1-3H3;2*1H/q+1;;;/p-1. The van der Waals surface area contributed by atoms with E-state index < -0.39 is 0 Å². The molecular formula is C22H44Cl2N4. The number of benzene rings is 1. The number of hydrogen-bond acceptors (Lipinski definition) is 3. The van der Waals surface area contributed by atoms with E-state index in [9.17, 15) is 0 Å². The lowest BCUT2D eigenvalue weighted by atomic mass is 10.1. The van der Waals surface area contributed by atoms with Crippen molar-refractivity contribution in [1.82, 2.24) is 4.90 Å². The van der Waals surface area contributed by atoms with Gasteiger partial charge in [0.25, 0.3) is 0 Å². The molecule has 1 aromatic carbocycles. The van der Waals surface area contributed by atoms with Crippen LogP contribution in [0.1, 0.15) is 44.6 Å². The summed E-state index contributed by atoms with van der Waals surface area (Å²) in [5, 5.41) is 0. The van der Waals surface area contributed by atoms with Crippen molar-refractivity contribution in [1.29, 1.82) is 0 Å². The average Bonchev–Trinajstić information content (AvgIpc) is 3.05. The minimum atomic E-state index is 0. The van der Waals surface area contributed by atoms with E-state index in [1.807, 2.05) is 6.07 Å². The van der Waals surface area contributed by atoms with Crippen LogP contribution in [-0.2, 0) is 0 Å². The van der Waals surface area contributed by atoms with Crippen molar-refractivity contribution in [2.24, 2.45) is 0 Å². The van der Waals surface area contributed by atoms with Gasteiger partial charge in [0.15, 0.2) is 0 Å². The molecule has 166 valence electrons. The van der Waals surface area contributed by atoms with Crippen molar-refractivity contribution >= 4 is 23.8 Å². The SMILES string of the molecule is CCCCCCN(C)C.Cc1cc(N2CCC([N+](C)(C)C)C2)ccc1N.Cl.[Cl-]. The summed E-state index contributed by atoms with van der Waals surface area (Å²) in [5.41, 5.74) is 9.24. The number of hydrogen-bond donors (Lipinski definition) is 1. The molecule has 0 bridgehead atoms. The smallest absolute Gasteiger partial charge is 0.108 e. The summed E-state index contributed by atoms with van der Waals surface area (Å²) in [6.45, 7) is 7.87. The molecule has 0 saturated carbocycles. The van der Waals surface area contributed by atoms with Gasteiger partial charge in [-0.05, 0) is 57.7 Å². The van der Waals surface area contributed by atoms with E-state index in [1.54, 1.807) is 0 Å². The van der Waals surface area contributed by atoms with Crippen LogP contribution in [-0.4, -0.2) is 70.3 Å². The van der Waals surface area contributed by atoms with Gasteiger partial charge in [-0.25, -0.2) is 0 Å². The van der Waals surface area contributed by atoms with E-state index in [2.05, 4.69) is 71.0 Å². The van der Waals surface area contributed by atoms with Gasteiger partial charge in [0.05, 0.1) is 27.7 Å². The van der Waals surface area contributed by atoms with E-state index in [4.69, 9.17) is 5.73 Å². The van der Waals surface area contributed by atoms with Gasteiger partial charge in [0.1, 0.15) is 6.04 Å². The highest BCUT2D eigenvalue weighted by Gasteiger charge is 2.32. The molecule has 0 aromatic heterocycles. The van der Waals surface area contributed by atoms with E-state index in [1.165, 1.54) is 49.9 Å². The fraction of sp³-hybridized carbons (Fsp3) is 0.727. The summed E-state index contributed by atoms with van der Waals surface area (Å²) in [6, 6.07) is 7.09. The molecule has 0 radical (unpaired) electrons. The molecule has 1 aliphatic heterocycles. The Hall–Kier alpha value is -0.680. The zero-order valence-electron chi connectivity index (χ0n) is 19.2. The van der Waals surface area contributed by atoms with Crippen LogP contribution in [0.25, 0.3) is 0 Å². The minimum Gasteiger partial charge on any atom is -1.00 e. The van der Waals surface area contributed by atoms with E-state index in [-0.39, 0.29) is 24.8 Å². The first-order valence-electron chi connectivity index (χ1n) is 10.2. The van der Waals surface area contributed by atoms with E-state index in [0.717, 1.165) is 29.3 Å². The number of likely N-dealkylation sites (N-methyl/N-ethyl adjacent to an activating group) is 1. The van der Waals surface area contributed by atoms with Gasteiger partial charge in [-0.15, -0.1) is 12.4 Å². The molecule has 1 unspecified atom stereocenters. The maximum absolute atomic E-state index is 5.86. The topological polar surface area (TPSA) is 32.5 Å². The molecule has 1 aliphatic rings. The highest BCUT2D eigenvalue weighted by molar-refractivity contribution is 5.85. The molecule has 2 rings (SSSR count). The van der Waals surface area contributed by atoms with Crippen molar-refractivity contribution in [2.45, 2.75) is 52.0 Å². The van der Waals surface area contributed by atoms with Crippen LogP contribution >= 0.6 is 12.4 Å². The molecule has 1 fully saturated rings. The zero-order chi connectivity index (χ0) is 19.7. The Morgan fingerprint density at radius 3 is 2.25 bits per heavy atom. The predicted molar refractivity (Wildman–Crippen MR) is 124 cm³/mol. The normalized spacial score (nSPS) is 16.1. The molecule has 28 heavy (non-hydrogen) atoms. The Morgan fingerprint density at radius 2 is 1.79 bits per heavy atom. The van der Waals surface area contributed by atoms with Gasteiger partial charge in [0.2, 0.25) is 0 Å². The first-order valence-corrected chi connectivity index (χ1v) is 10.2. The third-order valence-corrected chi connectivity index (χ3v) is 5.34. The predicted octanol–water partition coefficient (Wildman–Crippen LogP) is 1.42. The Morgan fingerprint density at radius 1 is 1.14 bits per heavy atom. The lowest BCUT2D eigenvalue weighted by Crippen LogP contribution is -3.00. The molecule has 6 heteroatoms. The first-order chi connectivity index (χ1) is 12.1. The van der Waals surface area contributed by atoms with E-state index in [0.29, 0.717) is 0 Å². The second-order valence-electron chi connectivity index (χ2n) is 8.91. The van der Waals surface area contributed by atoms with Crippen LogP contribution in [0.4, 0.5) is 11.4 Å². The molecule has 0 amide bonds. The number of rotatable bonds is 7. The van der Waals surface area contributed by atoms with Gasteiger partial charge in [-0.1, -0.05) is 26.2 Å². The van der Waals surface area contributed by atoms with Crippen LogP contribution in [0.5, 0.6) is 0 Å². The number of aryl methyl sites for hydroxylation is 1.